The van der Waals surface area contributed by atoms with Gasteiger partial charge in [0, 0.05) is 50.2 Å². The number of carbonyl (C=O) groups is 1. The van der Waals surface area contributed by atoms with E-state index in [1.807, 2.05) is 58.8 Å². The Labute approximate surface area is 187 Å². The summed E-state index contributed by atoms with van der Waals surface area (Å²) in [4.78, 5) is 14.9. The highest BCUT2D eigenvalue weighted by atomic mass is 32.2. The van der Waals surface area contributed by atoms with E-state index in [0.29, 0.717) is 13.1 Å². The molecule has 2 aromatic heterocycles. The number of hydrogen-bond donors (Lipinski definition) is 1. The Hall–Kier alpha value is -2.81. The van der Waals surface area contributed by atoms with E-state index in [-0.39, 0.29) is 22.6 Å². The van der Waals surface area contributed by atoms with Crippen molar-refractivity contribution in [3.63, 3.8) is 0 Å². The van der Waals surface area contributed by atoms with Gasteiger partial charge in [0.05, 0.1) is 6.20 Å². The van der Waals surface area contributed by atoms with Gasteiger partial charge in [-0.05, 0) is 35.6 Å². The summed E-state index contributed by atoms with van der Waals surface area (Å²) >= 11 is 1.64. The summed E-state index contributed by atoms with van der Waals surface area (Å²) in [5, 5.41) is 16.5. The van der Waals surface area contributed by atoms with Crippen molar-refractivity contribution in [2.24, 2.45) is 19.5 Å². The molecule has 164 valence electrons. The van der Waals surface area contributed by atoms with Crippen molar-refractivity contribution in [3.8, 4) is 0 Å². The largest absolute Gasteiger partial charge is 0.323 e. The second kappa shape index (κ2) is 8.37. The van der Waals surface area contributed by atoms with Crippen molar-refractivity contribution in [3.05, 3.63) is 54.1 Å². The molecule has 1 aliphatic heterocycles. The van der Waals surface area contributed by atoms with Gasteiger partial charge in [-0.25, -0.2) is 4.79 Å². The number of nitrogens with zero attached hydrogens (tertiary/aromatic N) is 6. The first kappa shape index (κ1) is 21.4. The smallest absolute Gasteiger partial charge is 0.321 e. The number of rotatable bonds is 5. The Balaban J connectivity index is 1.43. The second-order valence-electron chi connectivity index (χ2n) is 8.91. The van der Waals surface area contributed by atoms with Gasteiger partial charge in [0.15, 0.2) is 5.16 Å². The molecule has 1 fully saturated rings. The number of hydrogen-bond acceptors (Lipinski definition) is 5. The van der Waals surface area contributed by atoms with Crippen LogP contribution in [0.1, 0.15) is 43.1 Å². The number of aromatic nitrogens is 5. The first-order valence-corrected chi connectivity index (χ1v) is 11.3. The molecule has 1 N–H and O–H groups in total. The van der Waals surface area contributed by atoms with Gasteiger partial charge in [-0.1, -0.05) is 37.7 Å². The molecule has 0 aliphatic carbocycles. The maximum atomic E-state index is 13.0. The molecule has 9 heteroatoms. The lowest BCUT2D eigenvalue weighted by Crippen LogP contribution is -2.34. The Morgan fingerprint density at radius 1 is 1.32 bits per heavy atom. The van der Waals surface area contributed by atoms with Crippen molar-refractivity contribution in [1.82, 2.24) is 29.4 Å². The summed E-state index contributed by atoms with van der Waals surface area (Å²) in [6.07, 6.45) is 5.66. The quantitative estimate of drug-likeness (QED) is 0.607. The van der Waals surface area contributed by atoms with E-state index in [0.717, 1.165) is 16.4 Å². The highest BCUT2D eigenvalue weighted by molar-refractivity contribution is 7.99. The van der Waals surface area contributed by atoms with E-state index in [2.05, 4.69) is 47.5 Å². The fraction of sp³-hybridized carbons (Fsp3) is 0.455. The van der Waals surface area contributed by atoms with Crippen LogP contribution in [0.5, 0.6) is 0 Å². The summed E-state index contributed by atoms with van der Waals surface area (Å²) in [6.45, 7) is 7.94. The molecule has 0 spiro atoms. The van der Waals surface area contributed by atoms with Crippen molar-refractivity contribution in [2.75, 3.05) is 18.4 Å². The second-order valence-corrected chi connectivity index (χ2v) is 10.2. The van der Waals surface area contributed by atoms with Crippen molar-refractivity contribution < 1.29 is 4.79 Å². The minimum atomic E-state index is -0.0646. The van der Waals surface area contributed by atoms with Crippen LogP contribution < -0.4 is 5.32 Å². The number of nitrogens with one attached hydrogen (secondary N) is 1. The third-order valence-electron chi connectivity index (χ3n) is 5.92. The first-order valence-electron chi connectivity index (χ1n) is 10.4. The molecule has 0 radical (unpaired) electrons. The molecule has 1 saturated heterocycles. The van der Waals surface area contributed by atoms with Gasteiger partial charge in [0.25, 0.3) is 0 Å². The number of aryl methyl sites for hydroxylation is 2. The van der Waals surface area contributed by atoms with Crippen LogP contribution in [0.15, 0.2) is 48.1 Å². The number of thioether (sulfide) groups is 1. The van der Waals surface area contributed by atoms with E-state index in [1.165, 1.54) is 5.56 Å². The van der Waals surface area contributed by atoms with Crippen LogP contribution >= 0.6 is 11.8 Å². The number of carbonyl (C=O) groups excluding carboxylic acids is 1. The van der Waals surface area contributed by atoms with Gasteiger partial charge in [0.1, 0.15) is 6.33 Å². The zero-order valence-corrected chi connectivity index (χ0v) is 19.4. The van der Waals surface area contributed by atoms with Gasteiger partial charge in [-0.2, -0.15) is 5.10 Å². The minimum absolute atomic E-state index is 0.0104. The summed E-state index contributed by atoms with van der Waals surface area (Å²) in [7, 11) is 3.86. The van der Waals surface area contributed by atoms with Gasteiger partial charge in [-0.15, -0.1) is 10.2 Å². The number of urea groups is 1. The van der Waals surface area contributed by atoms with Crippen LogP contribution in [0.2, 0.25) is 0 Å². The molecule has 0 bridgehead atoms. The van der Waals surface area contributed by atoms with Crippen molar-refractivity contribution in [1.29, 1.82) is 0 Å². The summed E-state index contributed by atoms with van der Waals surface area (Å²) in [5.41, 5.74) is 3.10. The minimum Gasteiger partial charge on any atom is -0.323 e. The summed E-state index contributed by atoms with van der Waals surface area (Å²) in [6, 6.07) is 7.95. The highest BCUT2D eigenvalue weighted by Gasteiger charge is 2.42. The van der Waals surface area contributed by atoms with Gasteiger partial charge < -0.3 is 14.8 Å². The standard InChI is InChI=1S/C22H29N7OS/c1-15(31-21-26-23-14-27(21)4)16-7-6-8-18(9-16)25-20(30)29-12-19(22(2,3)13-29)17-10-24-28(5)11-17/h6-11,14-15,19H,12-13H2,1-5H3,(H,25,30)/t15-,19?/m0/s1. The molecule has 3 heterocycles. The van der Waals surface area contributed by atoms with Crippen molar-refractivity contribution >= 4 is 23.5 Å². The number of anilines is 1. The van der Waals surface area contributed by atoms with Crippen LogP contribution in [0, 0.1) is 5.41 Å². The monoisotopic (exact) mass is 439 g/mol. The lowest BCUT2D eigenvalue weighted by atomic mass is 9.79. The molecular formula is C22H29N7OS. The topological polar surface area (TPSA) is 80.9 Å². The zero-order valence-electron chi connectivity index (χ0n) is 18.6. The molecule has 2 atom stereocenters. The molecular weight excluding hydrogens is 410 g/mol. The lowest BCUT2D eigenvalue weighted by molar-refractivity contribution is 0.217. The lowest BCUT2D eigenvalue weighted by Gasteiger charge is -2.24. The van der Waals surface area contributed by atoms with E-state index in [9.17, 15) is 4.79 Å². The molecule has 31 heavy (non-hydrogen) atoms. The predicted octanol–water partition coefficient (Wildman–Crippen LogP) is 4.06. The van der Waals surface area contributed by atoms with E-state index >= 15 is 0 Å². The van der Waals surface area contributed by atoms with Gasteiger partial charge >= 0.3 is 6.03 Å². The number of likely N-dealkylation sites (tertiary alicyclic amines) is 1. The zero-order chi connectivity index (χ0) is 22.2. The van der Waals surface area contributed by atoms with E-state index in [1.54, 1.807) is 18.1 Å². The molecule has 0 saturated carbocycles. The third-order valence-corrected chi connectivity index (χ3v) is 7.12. The van der Waals surface area contributed by atoms with E-state index < -0.39 is 0 Å². The fourth-order valence-electron chi connectivity index (χ4n) is 4.14. The molecule has 1 unspecified atom stereocenters. The predicted molar refractivity (Wildman–Crippen MR) is 122 cm³/mol. The third kappa shape index (κ3) is 4.61. The van der Waals surface area contributed by atoms with Crippen LogP contribution in [0.3, 0.4) is 0 Å². The average Bonchev–Trinajstić information content (AvgIpc) is 3.41. The molecule has 2 amide bonds. The molecule has 8 nitrogen and oxygen atoms in total. The van der Waals surface area contributed by atoms with Crippen molar-refractivity contribution in [2.45, 2.75) is 37.1 Å². The normalized spacial score (nSPS) is 18.9. The Morgan fingerprint density at radius 3 is 2.81 bits per heavy atom. The molecule has 4 rings (SSSR count). The summed E-state index contributed by atoms with van der Waals surface area (Å²) < 4.78 is 3.72. The SMILES string of the molecule is C[C@H](Sc1nncn1C)c1cccc(NC(=O)N2CC(c3cnn(C)c3)C(C)(C)C2)c1. The molecule has 3 aromatic rings. The summed E-state index contributed by atoms with van der Waals surface area (Å²) in [5.74, 6) is 0.265. The Morgan fingerprint density at radius 2 is 2.13 bits per heavy atom. The Bertz CT molecular complexity index is 1070. The molecule has 1 aromatic carbocycles. The Kier molecular flexibility index (Phi) is 5.79. The van der Waals surface area contributed by atoms with Gasteiger partial charge in [-0.3, -0.25) is 4.68 Å². The maximum absolute atomic E-state index is 13.0. The number of benzene rings is 1. The average molecular weight is 440 g/mol. The van der Waals surface area contributed by atoms with Gasteiger partial charge in [0.2, 0.25) is 0 Å². The van der Waals surface area contributed by atoms with Crippen LogP contribution in [0.4, 0.5) is 10.5 Å². The number of amides is 2. The highest BCUT2D eigenvalue weighted by Crippen LogP contribution is 2.42. The fourth-order valence-corrected chi connectivity index (χ4v) is 5.05. The van der Waals surface area contributed by atoms with Crippen LogP contribution in [0.25, 0.3) is 0 Å². The van der Waals surface area contributed by atoms with Crippen LogP contribution in [-0.2, 0) is 14.1 Å². The molecule has 1 aliphatic rings. The van der Waals surface area contributed by atoms with Crippen LogP contribution in [-0.4, -0.2) is 48.6 Å². The van der Waals surface area contributed by atoms with E-state index in [4.69, 9.17) is 0 Å². The first-order chi connectivity index (χ1) is 14.7. The maximum Gasteiger partial charge on any atom is 0.321 e.